The number of hydrogen-bond donors (Lipinski definition) is 2. The lowest BCUT2D eigenvalue weighted by atomic mass is 10.1. The highest BCUT2D eigenvalue weighted by Gasteiger charge is 2.18. The molecule has 0 aliphatic rings. The van der Waals surface area contributed by atoms with Crippen molar-refractivity contribution >= 4 is 23.9 Å². The lowest BCUT2D eigenvalue weighted by Crippen LogP contribution is -2.15. The summed E-state index contributed by atoms with van der Waals surface area (Å²) < 4.78 is 10.7. The molecule has 1 rings (SSSR count). The number of aliphatic carboxylic acids is 2. The summed E-state index contributed by atoms with van der Waals surface area (Å²) >= 11 is 0. The van der Waals surface area contributed by atoms with Gasteiger partial charge in [0.2, 0.25) is 0 Å². The number of carbonyl (C=O) groups excluding carboxylic acids is 2. The molecular weight excluding hydrogens is 464 g/mol. The van der Waals surface area contributed by atoms with Crippen LogP contribution in [0.3, 0.4) is 0 Å². The molecule has 0 bridgehead atoms. The van der Waals surface area contributed by atoms with E-state index in [0.29, 0.717) is 36.5 Å². The van der Waals surface area contributed by atoms with E-state index in [1.54, 1.807) is 24.3 Å². The first-order valence-corrected chi connectivity index (χ1v) is 12.9. The quantitative estimate of drug-likeness (QED) is 0.132. The molecule has 202 valence electrons. The van der Waals surface area contributed by atoms with Crippen molar-refractivity contribution in [1.29, 1.82) is 0 Å². The summed E-state index contributed by atoms with van der Waals surface area (Å²) in [5.74, 6) is -3.40. The monoisotopic (exact) mass is 506 g/mol. The minimum Gasteiger partial charge on any atom is -0.478 e. The average Bonchev–Trinajstić information content (AvgIpc) is 2.86. The fraction of sp³-hybridized carbons (Fsp3) is 0.571. The Balaban J connectivity index is 0.00000131. The standard InChI is InChI=1S/C24H38O4.C4H4O4/c1-3-5-7-9-11-15-19-27-23(25)21-17-13-14-18-22(21)24(26)28-20-16-12-10-8-6-4-2;5-3(6)1-2-4(7)8/h13-14,17-18H,3-12,15-16,19-20H2,1-2H3;1-2H,(H,5,6)(H,7,8). The van der Waals surface area contributed by atoms with Crippen LogP contribution < -0.4 is 0 Å². The highest BCUT2D eigenvalue weighted by Crippen LogP contribution is 2.14. The third-order valence-corrected chi connectivity index (χ3v) is 5.20. The van der Waals surface area contributed by atoms with Gasteiger partial charge in [-0.2, -0.15) is 0 Å². The maximum absolute atomic E-state index is 12.4. The van der Waals surface area contributed by atoms with Crippen LogP contribution in [0.25, 0.3) is 0 Å². The molecule has 0 unspecified atom stereocenters. The van der Waals surface area contributed by atoms with Crippen molar-refractivity contribution in [3.05, 3.63) is 47.5 Å². The molecule has 0 amide bonds. The van der Waals surface area contributed by atoms with E-state index < -0.39 is 23.9 Å². The highest BCUT2D eigenvalue weighted by molar-refractivity contribution is 6.03. The molecule has 0 aliphatic carbocycles. The zero-order valence-electron chi connectivity index (χ0n) is 21.7. The third kappa shape index (κ3) is 18.2. The first-order valence-electron chi connectivity index (χ1n) is 12.9. The molecule has 36 heavy (non-hydrogen) atoms. The molecule has 0 saturated carbocycles. The first-order chi connectivity index (χ1) is 17.3. The van der Waals surface area contributed by atoms with Crippen molar-refractivity contribution in [2.75, 3.05) is 13.2 Å². The van der Waals surface area contributed by atoms with Gasteiger partial charge in [0.25, 0.3) is 0 Å². The maximum atomic E-state index is 12.4. The largest absolute Gasteiger partial charge is 0.478 e. The minimum absolute atomic E-state index is 0.293. The van der Waals surface area contributed by atoms with Crippen LogP contribution in [0.2, 0.25) is 0 Å². The Hall–Kier alpha value is -3.16. The molecule has 0 aliphatic heterocycles. The molecule has 8 nitrogen and oxygen atoms in total. The van der Waals surface area contributed by atoms with Crippen LogP contribution in [0, 0.1) is 0 Å². The number of carboxylic acid groups (broad SMARTS) is 2. The number of carbonyl (C=O) groups is 4. The van der Waals surface area contributed by atoms with Crippen LogP contribution in [0.1, 0.15) is 112 Å². The number of esters is 2. The van der Waals surface area contributed by atoms with E-state index in [-0.39, 0.29) is 0 Å². The minimum atomic E-state index is -1.26. The summed E-state index contributed by atoms with van der Waals surface area (Å²) in [6.45, 7) is 5.17. The number of unbranched alkanes of at least 4 members (excludes halogenated alkanes) is 10. The van der Waals surface area contributed by atoms with Crippen molar-refractivity contribution in [1.82, 2.24) is 0 Å². The van der Waals surface area contributed by atoms with Crippen LogP contribution in [0.4, 0.5) is 0 Å². The number of hydrogen-bond acceptors (Lipinski definition) is 6. The summed E-state index contributed by atoms with van der Waals surface area (Å²) in [5.41, 5.74) is 0.586. The Morgan fingerprint density at radius 2 is 0.944 bits per heavy atom. The van der Waals surface area contributed by atoms with Gasteiger partial charge in [0.05, 0.1) is 24.3 Å². The predicted molar refractivity (Wildman–Crippen MR) is 138 cm³/mol. The summed E-state index contributed by atoms with van der Waals surface area (Å²) in [5, 5.41) is 15.6. The Kier molecular flexibility index (Phi) is 20.4. The molecule has 2 N–H and O–H groups in total. The van der Waals surface area contributed by atoms with Gasteiger partial charge in [0.1, 0.15) is 0 Å². The molecule has 8 heteroatoms. The molecule has 0 aromatic heterocycles. The van der Waals surface area contributed by atoms with E-state index in [1.165, 1.54) is 51.4 Å². The van der Waals surface area contributed by atoms with Crippen LogP contribution in [-0.2, 0) is 19.1 Å². The molecule has 0 radical (unpaired) electrons. The van der Waals surface area contributed by atoms with Crippen molar-refractivity contribution in [3.8, 4) is 0 Å². The van der Waals surface area contributed by atoms with Crippen LogP contribution in [-0.4, -0.2) is 47.3 Å². The predicted octanol–water partition coefficient (Wildman–Crippen LogP) is 6.43. The van der Waals surface area contributed by atoms with E-state index in [0.717, 1.165) is 25.7 Å². The van der Waals surface area contributed by atoms with Crippen molar-refractivity contribution in [3.63, 3.8) is 0 Å². The third-order valence-electron chi connectivity index (χ3n) is 5.20. The number of rotatable bonds is 18. The summed E-state index contributed by atoms with van der Waals surface area (Å²) in [4.78, 5) is 43.8. The average molecular weight is 507 g/mol. The molecule has 1 aromatic carbocycles. The summed E-state index contributed by atoms with van der Waals surface area (Å²) in [6.07, 6.45) is 14.7. The van der Waals surface area contributed by atoms with Crippen molar-refractivity contribution in [2.24, 2.45) is 0 Å². The second-order valence-electron chi connectivity index (χ2n) is 8.36. The second kappa shape index (κ2) is 22.3. The number of benzene rings is 1. The first kappa shape index (κ1) is 32.8. The molecule has 0 fully saturated rings. The second-order valence-corrected chi connectivity index (χ2v) is 8.36. The van der Waals surface area contributed by atoms with Gasteiger partial charge in [-0.3, -0.25) is 0 Å². The molecule has 0 atom stereocenters. The lowest BCUT2D eigenvalue weighted by molar-refractivity contribution is -0.134. The highest BCUT2D eigenvalue weighted by atomic mass is 16.5. The van der Waals surface area contributed by atoms with E-state index in [4.69, 9.17) is 19.7 Å². The zero-order chi connectivity index (χ0) is 27.0. The summed E-state index contributed by atoms with van der Waals surface area (Å²) in [6, 6.07) is 6.74. The molecule has 0 spiro atoms. The van der Waals surface area contributed by atoms with Crippen molar-refractivity contribution in [2.45, 2.75) is 90.9 Å². The number of carboxylic acids is 2. The SMILES string of the molecule is CCCCCCCCOC(=O)c1ccccc1C(=O)OCCCCCCCC.O=C(O)C=CC(=O)O. The molecule has 0 saturated heterocycles. The Morgan fingerprint density at radius 1 is 0.611 bits per heavy atom. The van der Waals surface area contributed by atoms with Gasteiger partial charge >= 0.3 is 23.9 Å². The van der Waals surface area contributed by atoms with Gasteiger partial charge in [-0.15, -0.1) is 0 Å². The van der Waals surface area contributed by atoms with E-state index in [9.17, 15) is 19.2 Å². The Morgan fingerprint density at radius 3 is 1.28 bits per heavy atom. The summed E-state index contributed by atoms with van der Waals surface area (Å²) in [7, 11) is 0. The zero-order valence-corrected chi connectivity index (χ0v) is 21.7. The van der Waals surface area contributed by atoms with Crippen LogP contribution >= 0.6 is 0 Å². The van der Waals surface area contributed by atoms with Crippen LogP contribution in [0.15, 0.2) is 36.4 Å². The van der Waals surface area contributed by atoms with Crippen molar-refractivity contribution < 1.29 is 38.9 Å². The van der Waals surface area contributed by atoms with Crippen LogP contribution in [0.5, 0.6) is 0 Å². The fourth-order valence-electron chi connectivity index (χ4n) is 3.23. The smallest absolute Gasteiger partial charge is 0.339 e. The Labute approximate surface area is 214 Å². The van der Waals surface area contributed by atoms with E-state index >= 15 is 0 Å². The topological polar surface area (TPSA) is 127 Å². The van der Waals surface area contributed by atoms with Gasteiger partial charge in [-0.25, -0.2) is 19.2 Å². The molecule has 1 aromatic rings. The maximum Gasteiger partial charge on any atom is 0.339 e. The lowest BCUT2D eigenvalue weighted by Gasteiger charge is -2.10. The van der Waals surface area contributed by atoms with Gasteiger partial charge in [-0.05, 0) is 25.0 Å². The van der Waals surface area contributed by atoms with Gasteiger partial charge < -0.3 is 19.7 Å². The van der Waals surface area contributed by atoms with Gasteiger partial charge in [0, 0.05) is 12.2 Å². The number of ether oxygens (including phenoxy) is 2. The van der Waals surface area contributed by atoms with Gasteiger partial charge in [-0.1, -0.05) is 90.2 Å². The fourth-order valence-corrected chi connectivity index (χ4v) is 3.23. The van der Waals surface area contributed by atoms with E-state index in [2.05, 4.69) is 13.8 Å². The Bertz CT molecular complexity index is 735. The normalized spacial score (nSPS) is 10.4. The van der Waals surface area contributed by atoms with E-state index in [1.807, 2.05) is 0 Å². The molecular formula is C28H42O8. The molecule has 0 heterocycles. The van der Waals surface area contributed by atoms with Gasteiger partial charge in [0.15, 0.2) is 0 Å².